The number of piperidine rings is 1. The third-order valence-corrected chi connectivity index (χ3v) is 4.37. The smallest absolute Gasteiger partial charge is 0.138 e. The van der Waals surface area contributed by atoms with E-state index in [1.54, 1.807) is 7.11 Å². The summed E-state index contributed by atoms with van der Waals surface area (Å²) in [6.45, 7) is 2.94. The Hall–Kier alpha value is -0.610. The highest BCUT2D eigenvalue weighted by Crippen LogP contribution is 2.34. The topological polar surface area (TPSA) is 21.3 Å². The van der Waals surface area contributed by atoms with Crippen LogP contribution in [-0.2, 0) is 6.42 Å². The molecule has 1 heterocycles. The van der Waals surface area contributed by atoms with Gasteiger partial charge in [0.25, 0.3) is 0 Å². The fraction of sp³-hybridized carbons (Fsp3) is 0.571. The van der Waals surface area contributed by atoms with Gasteiger partial charge in [0, 0.05) is 11.6 Å². The third kappa shape index (κ3) is 2.86. The molecule has 1 aliphatic rings. The first-order valence-electron chi connectivity index (χ1n) is 6.38. The lowest BCUT2D eigenvalue weighted by molar-refractivity contribution is 0.378. The minimum absolute atomic E-state index is 0.209. The Morgan fingerprint density at radius 3 is 2.89 bits per heavy atom. The molecule has 0 spiro atoms. The minimum atomic E-state index is -0.209. The molecular weight excluding hydrogens is 297 g/mol. The summed E-state index contributed by atoms with van der Waals surface area (Å²) in [6.07, 6.45) is 4.43. The van der Waals surface area contributed by atoms with E-state index in [1.165, 1.54) is 18.9 Å². The standard InChI is InChI=1S/C14H19BrFNO/c1-9-7-12(16)13(15)11(14(9)18-2)8-10-5-3-4-6-17-10/h7,10,17H,3-6,8H2,1-2H3. The Labute approximate surface area is 116 Å². The predicted octanol–water partition coefficient (Wildman–Crippen LogP) is 3.59. The molecule has 1 atom stereocenters. The summed E-state index contributed by atoms with van der Waals surface area (Å²) in [6, 6.07) is 1.94. The van der Waals surface area contributed by atoms with Crippen molar-refractivity contribution in [2.45, 2.75) is 38.6 Å². The van der Waals surface area contributed by atoms with E-state index in [4.69, 9.17) is 4.74 Å². The molecular formula is C14H19BrFNO. The maximum absolute atomic E-state index is 13.8. The average molecular weight is 316 g/mol. The summed E-state index contributed by atoms with van der Waals surface area (Å²) in [5.74, 6) is 0.592. The molecule has 0 aliphatic carbocycles. The van der Waals surface area contributed by atoms with E-state index in [2.05, 4.69) is 21.2 Å². The molecule has 1 unspecified atom stereocenters. The molecule has 2 rings (SSSR count). The van der Waals surface area contributed by atoms with Crippen LogP contribution in [0.5, 0.6) is 5.75 Å². The van der Waals surface area contributed by atoms with Gasteiger partial charge in [-0.05, 0) is 60.3 Å². The van der Waals surface area contributed by atoms with Crippen LogP contribution in [0.4, 0.5) is 4.39 Å². The molecule has 0 aromatic heterocycles. The van der Waals surface area contributed by atoms with Crippen LogP contribution in [0.3, 0.4) is 0 Å². The second-order valence-corrected chi connectivity index (χ2v) is 5.65. The number of nitrogens with one attached hydrogen (secondary N) is 1. The van der Waals surface area contributed by atoms with Gasteiger partial charge in [-0.15, -0.1) is 0 Å². The van der Waals surface area contributed by atoms with Gasteiger partial charge in [-0.2, -0.15) is 0 Å². The van der Waals surface area contributed by atoms with Crippen LogP contribution in [-0.4, -0.2) is 19.7 Å². The largest absolute Gasteiger partial charge is 0.496 e. The normalized spacial score (nSPS) is 19.9. The fourth-order valence-corrected chi connectivity index (χ4v) is 3.07. The van der Waals surface area contributed by atoms with Crippen molar-refractivity contribution in [2.24, 2.45) is 0 Å². The van der Waals surface area contributed by atoms with Gasteiger partial charge in [0.05, 0.1) is 11.6 Å². The van der Waals surface area contributed by atoms with E-state index in [9.17, 15) is 4.39 Å². The maximum atomic E-state index is 13.8. The summed E-state index contributed by atoms with van der Waals surface area (Å²) in [5.41, 5.74) is 1.79. The Morgan fingerprint density at radius 2 is 2.28 bits per heavy atom. The molecule has 2 nitrogen and oxygen atoms in total. The van der Waals surface area contributed by atoms with E-state index in [-0.39, 0.29) is 5.82 Å². The molecule has 1 aliphatic heterocycles. The number of rotatable bonds is 3. The lowest BCUT2D eigenvalue weighted by Crippen LogP contribution is -2.35. The predicted molar refractivity (Wildman–Crippen MR) is 74.7 cm³/mol. The van der Waals surface area contributed by atoms with Gasteiger partial charge in [-0.25, -0.2) is 4.39 Å². The van der Waals surface area contributed by atoms with Crippen molar-refractivity contribution < 1.29 is 9.13 Å². The average Bonchev–Trinajstić information content (AvgIpc) is 2.37. The van der Waals surface area contributed by atoms with Gasteiger partial charge in [-0.1, -0.05) is 6.42 Å². The maximum Gasteiger partial charge on any atom is 0.138 e. The number of methoxy groups -OCH3 is 1. The lowest BCUT2D eigenvalue weighted by atomic mass is 9.96. The molecule has 1 N–H and O–H groups in total. The van der Waals surface area contributed by atoms with Gasteiger partial charge in [0.2, 0.25) is 0 Å². The second-order valence-electron chi connectivity index (χ2n) is 4.85. The van der Waals surface area contributed by atoms with Crippen molar-refractivity contribution in [1.29, 1.82) is 0 Å². The van der Waals surface area contributed by atoms with Crippen molar-refractivity contribution in [3.05, 3.63) is 27.5 Å². The Balaban J connectivity index is 2.29. The number of ether oxygens (including phenoxy) is 1. The van der Waals surface area contributed by atoms with Crippen molar-refractivity contribution in [1.82, 2.24) is 5.32 Å². The van der Waals surface area contributed by atoms with Crippen molar-refractivity contribution >= 4 is 15.9 Å². The van der Waals surface area contributed by atoms with Gasteiger partial charge in [0.15, 0.2) is 0 Å². The Kier molecular flexibility index (Phi) is 4.62. The Bertz CT molecular complexity index is 430. The van der Waals surface area contributed by atoms with E-state index in [0.29, 0.717) is 10.5 Å². The Morgan fingerprint density at radius 1 is 1.50 bits per heavy atom. The highest BCUT2D eigenvalue weighted by atomic mass is 79.9. The molecule has 0 saturated carbocycles. The number of halogens is 2. The van der Waals surface area contributed by atoms with Crippen LogP contribution in [0.1, 0.15) is 30.4 Å². The zero-order valence-electron chi connectivity index (χ0n) is 10.9. The van der Waals surface area contributed by atoms with Crippen molar-refractivity contribution in [3.8, 4) is 5.75 Å². The summed E-state index contributed by atoms with van der Waals surface area (Å²) in [5, 5.41) is 3.49. The zero-order valence-corrected chi connectivity index (χ0v) is 12.4. The minimum Gasteiger partial charge on any atom is -0.496 e. The first kappa shape index (κ1) is 13.8. The van der Waals surface area contributed by atoms with Crippen molar-refractivity contribution in [3.63, 3.8) is 0 Å². The van der Waals surface area contributed by atoms with Crippen LogP contribution in [0.2, 0.25) is 0 Å². The molecule has 100 valence electrons. The number of aryl methyl sites for hydroxylation is 1. The molecule has 0 bridgehead atoms. The fourth-order valence-electron chi connectivity index (χ4n) is 2.61. The van der Waals surface area contributed by atoms with E-state index in [1.807, 2.05) is 6.92 Å². The van der Waals surface area contributed by atoms with Gasteiger partial charge >= 0.3 is 0 Å². The summed E-state index contributed by atoms with van der Waals surface area (Å²) < 4.78 is 19.8. The van der Waals surface area contributed by atoms with Crippen LogP contribution in [0.15, 0.2) is 10.5 Å². The van der Waals surface area contributed by atoms with E-state index >= 15 is 0 Å². The second kappa shape index (κ2) is 6.02. The highest BCUT2D eigenvalue weighted by molar-refractivity contribution is 9.10. The number of hydrogen-bond acceptors (Lipinski definition) is 2. The van der Waals surface area contributed by atoms with Crippen LogP contribution >= 0.6 is 15.9 Å². The highest BCUT2D eigenvalue weighted by Gasteiger charge is 2.20. The van der Waals surface area contributed by atoms with Crippen LogP contribution < -0.4 is 10.1 Å². The SMILES string of the molecule is COc1c(C)cc(F)c(Br)c1CC1CCCCN1. The summed E-state index contributed by atoms with van der Waals surface area (Å²) in [7, 11) is 1.64. The molecule has 1 aromatic carbocycles. The van der Waals surface area contributed by atoms with Crippen LogP contribution in [0.25, 0.3) is 0 Å². The molecule has 1 fully saturated rings. The summed E-state index contributed by atoms with van der Waals surface area (Å²) in [4.78, 5) is 0. The zero-order chi connectivity index (χ0) is 13.1. The van der Waals surface area contributed by atoms with E-state index < -0.39 is 0 Å². The third-order valence-electron chi connectivity index (χ3n) is 3.52. The summed E-state index contributed by atoms with van der Waals surface area (Å²) >= 11 is 3.35. The van der Waals surface area contributed by atoms with Gasteiger partial charge in [-0.3, -0.25) is 0 Å². The molecule has 4 heteroatoms. The van der Waals surface area contributed by atoms with E-state index in [0.717, 1.165) is 36.3 Å². The molecule has 1 aromatic rings. The first-order chi connectivity index (χ1) is 8.63. The van der Waals surface area contributed by atoms with Crippen LogP contribution in [0, 0.1) is 12.7 Å². The van der Waals surface area contributed by atoms with Gasteiger partial charge < -0.3 is 10.1 Å². The monoisotopic (exact) mass is 315 g/mol. The number of benzene rings is 1. The molecule has 0 radical (unpaired) electrons. The molecule has 0 amide bonds. The molecule has 1 saturated heterocycles. The number of hydrogen-bond donors (Lipinski definition) is 1. The first-order valence-corrected chi connectivity index (χ1v) is 7.17. The quantitative estimate of drug-likeness (QED) is 0.920. The van der Waals surface area contributed by atoms with Gasteiger partial charge in [0.1, 0.15) is 11.6 Å². The van der Waals surface area contributed by atoms with Crippen molar-refractivity contribution in [2.75, 3.05) is 13.7 Å². The lowest BCUT2D eigenvalue weighted by Gasteiger charge is -2.25. The molecule has 18 heavy (non-hydrogen) atoms.